The molecule has 3 aromatic carbocycles. The zero-order chi connectivity index (χ0) is 20.1. The minimum absolute atomic E-state index is 0.0440. The Balaban J connectivity index is 1.79. The molecule has 0 fully saturated rings. The summed E-state index contributed by atoms with van der Waals surface area (Å²) in [5, 5.41) is 2.81. The molecule has 0 aliphatic carbocycles. The van der Waals surface area contributed by atoms with Crippen molar-refractivity contribution in [3.05, 3.63) is 95.1 Å². The molecular formula is C22H22N2O3S. The summed E-state index contributed by atoms with van der Waals surface area (Å²) in [6.07, 6.45) is 0. The van der Waals surface area contributed by atoms with E-state index in [-0.39, 0.29) is 10.8 Å². The highest BCUT2D eigenvalue weighted by molar-refractivity contribution is 7.92. The van der Waals surface area contributed by atoms with Gasteiger partial charge in [0.05, 0.1) is 10.6 Å². The van der Waals surface area contributed by atoms with Crippen LogP contribution in [0.5, 0.6) is 0 Å². The van der Waals surface area contributed by atoms with E-state index in [2.05, 4.69) is 10.0 Å². The van der Waals surface area contributed by atoms with Crippen molar-refractivity contribution >= 4 is 21.6 Å². The van der Waals surface area contributed by atoms with Crippen molar-refractivity contribution in [2.24, 2.45) is 0 Å². The number of hydrogen-bond acceptors (Lipinski definition) is 3. The van der Waals surface area contributed by atoms with E-state index in [1.54, 1.807) is 12.1 Å². The molecule has 0 spiro atoms. The number of benzene rings is 3. The molecule has 1 amide bonds. The molecule has 0 aliphatic heterocycles. The Hall–Kier alpha value is -3.12. The van der Waals surface area contributed by atoms with Crippen molar-refractivity contribution in [1.82, 2.24) is 5.32 Å². The van der Waals surface area contributed by atoms with Gasteiger partial charge in [0.1, 0.15) is 0 Å². The maximum Gasteiger partial charge on any atom is 0.261 e. The van der Waals surface area contributed by atoms with Gasteiger partial charge in [0.25, 0.3) is 15.9 Å². The molecule has 0 aliphatic rings. The number of rotatable bonds is 6. The fourth-order valence-corrected chi connectivity index (χ4v) is 4.10. The second kappa shape index (κ2) is 8.27. The molecule has 3 aromatic rings. The first-order valence-corrected chi connectivity index (χ1v) is 10.4. The van der Waals surface area contributed by atoms with Crippen LogP contribution in [-0.4, -0.2) is 14.3 Å². The van der Waals surface area contributed by atoms with E-state index in [0.717, 1.165) is 16.7 Å². The molecule has 0 aromatic heterocycles. The van der Waals surface area contributed by atoms with E-state index in [1.165, 1.54) is 12.1 Å². The number of nitrogens with one attached hydrogen (secondary N) is 2. The number of hydrogen-bond donors (Lipinski definition) is 2. The minimum Gasteiger partial charge on any atom is -0.348 e. The predicted octanol–water partition coefficient (Wildman–Crippen LogP) is 4.03. The topological polar surface area (TPSA) is 75.3 Å². The maximum absolute atomic E-state index is 12.8. The molecule has 0 unspecified atom stereocenters. The summed E-state index contributed by atoms with van der Waals surface area (Å²) in [7, 11) is -3.81. The Morgan fingerprint density at radius 3 is 2.18 bits per heavy atom. The lowest BCUT2D eigenvalue weighted by Crippen LogP contribution is -2.23. The van der Waals surface area contributed by atoms with Crippen LogP contribution >= 0.6 is 0 Å². The van der Waals surface area contributed by atoms with E-state index in [0.29, 0.717) is 17.8 Å². The first-order valence-electron chi connectivity index (χ1n) is 8.88. The quantitative estimate of drug-likeness (QED) is 0.663. The van der Waals surface area contributed by atoms with Crippen molar-refractivity contribution in [2.45, 2.75) is 25.3 Å². The zero-order valence-electron chi connectivity index (χ0n) is 15.8. The molecule has 0 bridgehead atoms. The molecule has 28 heavy (non-hydrogen) atoms. The first-order chi connectivity index (χ1) is 13.4. The summed E-state index contributed by atoms with van der Waals surface area (Å²) in [5.41, 5.74) is 3.48. The van der Waals surface area contributed by atoms with Crippen LogP contribution < -0.4 is 10.0 Å². The van der Waals surface area contributed by atoms with Crippen molar-refractivity contribution in [3.63, 3.8) is 0 Å². The number of anilines is 1. The van der Waals surface area contributed by atoms with Gasteiger partial charge in [-0.3, -0.25) is 9.52 Å². The summed E-state index contributed by atoms with van der Waals surface area (Å²) in [5.74, 6) is -0.326. The first kappa shape index (κ1) is 19.6. The van der Waals surface area contributed by atoms with Crippen LogP contribution in [0.2, 0.25) is 0 Å². The van der Waals surface area contributed by atoms with Crippen molar-refractivity contribution in [2.75, 3.05) is 4.72 Å². The summed E-state index contributed by atoms with van der Waals surface area (Å²) in [6.45, 7) is 4.06. The lowest BCUT2D eigenvalue weighted by Gasteiger charge is -2.14. The van der Waals surface area contributed by atoms with E-state index in [9.17, 15) is 13.2 Å². The van der Waals surface area contributed by atoms with Crippen LogP contribution in [0.25, 0.3) is 0 Å². The monoisotopic (exact) mass is 394 g/mol. The van der Waals surface area contributed by atoms with Gasteiger partial charge in [-0.1, -0.05) is 54.6 Å². The molecule has 0 saturated carbocycles. The number of sulfonamides is 1. The average Bonchev–Trinajstić information content (AvgIpc) is 2.70. The van der Waals surface area contributed by atoms with Gasteiger partial charge in [-0.05, 0) is 48.7 Å². The molecule has 144 valence electrons. The number of carbonyl (C=O) groups excluding carboxylic acids is 1. The van der Waals surface area contributed by atoms with Crippen LogP contribution in [0.15, 0.2) is 77.7 Å². The third kappa shape index (κ3) is 4.58. The van der Waals surface area contributed by atoms with Gasteiger partial charge in [0, 0.05) is 12.1 Å². The molecule has 5 nitrogen and oxygen atoms in total. The highest BCUT2D eigenvalue weighted by atomic mass is 32.2. The fourth-order valence-electron chi connectivity index (χ4n) is 2.85. The molecule has 2 N–H and O–H groups in total. The van der Waals surface area contributed by atoms with Crippen LogP contribution in [0.1, 0.15) is 27.0 Å². The van der Waals surface area contributed by atoms with E-state index < -0.39 is 10.0 Å². The van der Waals surface area contributed by atoms with Crippen LogP contribution in [0.4, 0.5) is 5.69 Å². The van der Waals surface area contributed by atoms with E-state index in [1.807, 2.05) is 62.4 Å². The number of aryl methyl sites for hydroxylation is 2. The molecule has 0 atom stereocenters. The fraction of sp³-hybridized carbons (Fsp3) is 0.136. The van der Waals surface area contributed by atoms with Crippen LogP contribution in [0.3, 0.4) is 0 Å². The van der Waals surface area contributed by atoms with Gasteiger partial charge >= 0.3 is 0 Å². The van der Waals surface area contributed by atoms with Crippen molar-refractivity contribution < 1.29 is 13.2 Å². The molecular weight excluding hydrogens is 372 g/mol. The second-order valence-corrected chi connectivity index (χ2v) is 8.25. The zero-order valence-corrected chi connectivity index (χ0v) is 16.6. The number of para-hydroxylation sites is 1. The lowest BCUT2D eigenvalue weighted by atomic mass is 10.1. The smallest absolute Gasteiger partial charge is 0.261 e. The van der Waals surface area contributed by atoms with Crippen molar-refractivity contribution in [3.8, 4) is 0 Å². The second-order valence-electron chi connectivity index (χ2n) is 6.57. The average molecular weight is 394 g/mol. The largest absolute Gasteiger partial charge is 0.348 e. The number of carbonyl (C=O) groups is 1. The Bertz CT molecular complexity index is 1070. The molecule has 0 saturated heterocycles. The summed E-state index contributed by atoms with van der Waals surface area (Å²) in [4.78, 5) is 12.5. The summed E-state index contributed by atoms with van der Waals surface area (Å²) >= 11 is 0. The van der Waals surface area contributed by atoms with Gasteiger partial charge in [0.15, 0.2) is 0 Å². The Kier molecular flexibility index (Phi) is 5.80. The van der Waals surface area contributed by atoms with Gasteiger partial charge in [-0.15, -0.1) is 0 Å². The Morgan fingerprint density at radius 1 is 0.857 bits per heavy atom. The van der Waals surface area contributed by atoms with Crippen LogP contribution in [0, 0.1) is 13.8 Å². The summed E-state index contributed by atoms with van der Waals surface area (Å²) < 4.78 is 28.3. The molecule has 0 radical (unpaired) electrons. The van der Waals surface area contributed by atoms with E-state index in [4.69, 9.17) is 0 Å². The van der Waals surface area contributed by atoms with Crippen LogP contribution in [-0.2, 0) is 16.6 Å². The van der Waals surface area contributed by atoms with E-state index >= 15 is 0 Å². The summed E-state index contributed by atoms with van der Waals surface area (Å²) in [6, 6.07) is 21.1. The highest BCUT2D eigenvalue weighted by Gasteiger charge is 2.18. The molecule has 0 heterocycles. The highest BCUT2D eigenvalue weighted by Crippen LogP contribution is 2.23. The predicted molar refractivity (Wildman–Crippen MR) is 111 cm³/mol. The van der Waals surface area contributed by atoms with Gasteiger partial charge in [-0.25, -0.2) is 8.42 Å². The van der Waals surface area contributed by atoms with Gasteiger partial charge < -0.3 is 5.32 Å². The Morgan fingerprint density at radius 2 is 1.50 bits per heavy atom. The minimum atomic E-state index is -3.81. The van der Waals surface area contributed by atoms with Crippen molar-refractivity contribution in [1.29, 1.82) is 0 Å². The normalized spacial score (nSPS) is 11.1. The third-order valence-corrected chi connectivity index (χ3v) is 5.77. The standard InChI is InChI=1S/C22H22N2O3S/c1-16-8-6-9-17(2)21(16)24-28(26,27)20-13-7-12-19(14-20)22(25)23-15-18-10-4-3-5-11-18/h3-14,24H,15H2,1-2H3,(H,23,25). The van der Waals surface area contributed by atoms with Gasteiger partial charge in [0.2, 0.25) is 0 Å². The SMILES string of the molecule is Cc1cccc(C)c1NS(=O)(=O)c1cccc(C(=O)NCc2ccccc2)c1. The third-order valence-electron chi connectivity index (χ3n) is 4.42. The Labute approximate surface area is 165 Å². The molecule has 3 rings (SSSR count). The lowest BCUT2D eigenvalue weighted by molar-refractivity contribution is 0.0950. The number of amides is 1. The van der Waals surface area contributed by atoms with Gasteiger partial charge in [-0.2, -0.15) is 0 Å². The maximum atomic E-state index is 12.8. The molecule has 6 heteroatoms.